The Kier molecular flexibility index (Phi) is 6.04. The Morgan fingerprint density at radius 2 is 0.842 bits per heavy atom. The number of fused-ring (bicyclic) bond motifs is 2. The van der Waals surface area contributed by atoms with Crippen LogP contribution in [0.15, 0.2) is 119 Å². The van der Waals surface area contributed by atoms with E-state index in [4.69, 9.17) is 0 Å². The fourth-order valence-corrected chi connectivity index (χ4v) is 4.42. The number of allylic oxidation sites excluding steroid dienone is 2. The zero-order valence-corrected chi connectivity index (χ0v) is 20.3. The molecule has 0 amide bonds. The highest BCUT2D eigenvalue weighted by atomic mass is 16.1. The SMILES string of the molecule is O=C1C=Cc2ccccc2C1=NNc1ccc(-c2ccc(NN=C3C(=O)C=Cc4ccccc43)cc2)cc1. The first-order valence-electron chi connectivity index (χ1n) is 12.2. The molecule has 0 heterocycles. The van der Waals surface area contributed by atoms with E-state index in [9.17, 15) is 9.59 Å². The van der Waals surface area contributed by atoms with Crippen LogP contribution in [0.1, 0.15) is 22.3 Å². The quantitative estimate of drug-likeness (QED) is 0.325. The summed E-state index contributed by atoms with van der Waals surface area (Å²) in [6.07, 6.45) is 6.70. The van der Waals surface area contributed by atoms with Gasteiger partial charge in [0.2, 0.25) is 11.6 Å². The van der Waals surface area contributed by atoms with E-state index in [-0.39, 0.29) is 11.6 Å². The largest absolute Gasteiger partial charge is 0.287 e. The van der Waals surface area contributed by atoms with E-state index in [0.717, 1.165) is 44.8 Å². The molecule has 0 fully saturated rings. The molecule has 0 bridgehead atoms. The number of ketones is 2. The summed E-state index contributed by atoms with van der Waals surface area (Å²) in [6, 6.07) is 31.0. The van der Waals surface area contributed by atoms with Crippen molar-refractivity contribution in [3.63, 3.8) is 0 Å². The maximum Gasteiger partial charge on any atom is 0.206 e. The van der Waals surface area contributed by atoms with E-state index in [1.807, 2.05) is 109 Å². The van der Waals surface area contributed by atoms with E-state index in [0.29, 0.717) is 11.4 Å². The summed E-state index contributed by atoms with van der Waals surface area (Å²) in [5, 5.41) is 8.77. The lowest BCUT2D eigenvalue weighted by molar-refractivity contribution is -0.109. The third-order valence-corrected chi connectivity index (χ3v) is 6.42. The Hall–Kier alpha value is -5.36. The van der Waals surface area contributed by atoms with E-state index >= 15 is 0 Å². The Morgan fingerprint density at radius 3 is 1.26 bits per heavy atom. The zero-order valence-electron chi connectivity index (χ0n) is 20.3. The molecule has 6 nitrogen and oxygen atoms in total. The molecular formula is C32H22N4O2. The van der Waals surface area contributed by atoms with Crippen LogP contribution in [0.5, 0.6) is 0 Å². The minimum absolute atomic E-state index is 0.125. The van der Waals surface area contributed by atoms with Crippen LogP contribution in [0.4, 0.5) is 11.4 Å². The maximum atomic E-state index is 12.4. The van der Waals surface area contributed by atoms with E-state index < -0.39 is 0 Å². The number of hydrazone groups is 2. The van der Waals surface area contributed by atoms with Gasteiger partial charge in [0.05, 0.1) is 11.4 Å². The fraction of sp³-hybridized carbons (Fsp3) is 0. The molecule has 0 radical (unpaired) electrons. The van der Waals surface area contributed by atoms with Crippen LogP contribution >= 0.6 is 0 Å². The molecule has 0 atom stereocenters. The highest BCUT2D eigenvalue weighted by molar-refractivity contribution is 6.52. The second-order valence-electron chi connectivity index (χ2n) is 8.87. The number of carbonyl (C=O) groups is 2. The van der Waals surface area contributed by atoms with Gasteiger partial charge in [-0.15, -0.1) is 0 Å². The standard InChI is InChI=1S/C32H22N4O2/c37-29-19-13-23-5-1-3-7-27(23)31(29)35-33-25-15-9-21(10-16-25)22-11-17-26(18-12-22)34-36-32-28-8-4-2-6-24(28)14-20-30(32)38/h1-20,33-34H. The van der Waals surface area contributed by atoms with Gasteiger partial charge in [0.15, 0.2) is 0 Å². The second-order valence-corrected chi connectivity index (χ2v) is 8.87. The first kappa shape index (κ1) is 23.1. The van der Waals surface area contributed by atoms with Crippen molar-refractivity contribution in [2.75, 3.05) is 10.9 Å². The van der Waals surface area contributed by atoms with Crippen LogP contribution in [0, 0.1) is 0 Å². The Balaban J connectivity index is 1.14. The van der Waals surface area contributed by atoms with Gasteiger partial charge in [-0.05, 0) is 58.7 Å². The molecule has 4 aromatic carbocycles. The molecule has 6 heteroatoms. The van der Waals surface area contributed by atoms with Gasteiger partial charge in [-0.25, -0.2) is 0 Å². The highest BCUT2D eigenvalue weighted by Gasteiger charge is 2.19. The normalized spacial score (nSPS) is 15.9. The number of anilines is 2. The van der Waals surface area contributed by atoms with Gasteiger partial charge in [0.1, 0.15) is 11.4 Å². The average molecular weight is 495 g/mol. The number of carbonyl (C=O) groups excluding carboxylic acids is 2. The first-order chi connectivity index (χ1) is 18.7. The van der Waals surface area contributed by atoms with Crippen LogP contribution in [-0.4, -0.2) is 23.0 Å². The first-order valence-corrected chi connectivity index (χ1v) is 12.2. The molecule has 0 unspecified atom stereocenters. The smallest absolute Gasteiger partial charge is 0.206 e. The van der Waals surface area contributed by atoms with Gasteiger partial charge in [0, 0.05) is 11.1 Å². The van der Waals surface area contributed by atoms with Gasteiger partial charge >= 0.3 is 0 Å². The van der Waals surface area contributed by atoms with Crippen molar-refractivity contribution >= 4 is 46.5 Å². The van der Waals surface area contributed by atoms with E-state index in [2.05, 4.69) is 21.1 Å². The summed E-state index contributed by atoms with van der Waals surface area (Å²) in [6.45, 7) is 0. The number of rotatable bonds is 5. The number of hydrogen-bond donors (Lipinski definition) is 2. The van der Waals surface area contributed by atoms with Crippen LogP contribution in [0.25, 0.3) is 23.3 Å². The molecule has 2 N–H and O–H groups in total. The predicted molar refractivity (Wildman–Crippen MR) is 153 cm³/mol. The van der Waals surface area contributed by atoms with E-state index in [1.54, 1.807) is 12.2 Å². The minimum atomic E-state index is -0.125. The van der Waals surface area contributed by atoms with Crippen LogP contribution in [0.3, 0.4) is 0 Å². The van der Waals surface area contributed by atoms with Crippen molar-refractivity contribution in [1.29, 1.82) is 0 Å². The molecule has 2 aliphatic carbocycles. The average Bonchev–Trinajstić information content (AvgIpc) is 2.97. The third-order valence-electron chi connectivity index (χ3n) is 6.42. The van der Waals surface area contributed by atoms with Gasteiger partial charge in [0.25, 0.3) is 0 Å². The Morgan fingerprint density at radius 1 is 0.447 bits per heavy atom. The zero-order chi connectivity index (χ0) is 25.9. The number of nitrogens with one attached hydrogen (secondary N) is 2. The lowest BCUT2D eigenvalue weighted by atomic mass is 9.95. The monoisotopic (exact) mass is 494 g/mol. The molecule has 0 aliphatic heterocycles. The molecule has 182 valence electrons. The number of nitrogens with zero attached hydrogens (tertiary/aromatic N) is 2. The van der Waals surface area contributed by atoms with Gasteiger partial charge in [-0.2, -0.15) is 10.2 Å². The number of hydrogen-bond acceptors (Lipinski definition) is 6. The maximum absolute atomic E-state index is 12.4. The van der Waals surface area contributed by atoms with Gasteiger partial charge in [-0.3, -0.25) is 20.4 Å². The third kappa shape index (κ3) is 4.58. The van der Waals surface area contributed by atoms with E-state index in [1.165, 1.54) is 0 Å². The Labute approximate surface area is 219 Å². The molecule has 0 aromatic heterocycles. The highest BCUT2D eigenvalue weighted by Crippen LogP contribution is 2.24. The fourth-order valence-electron chi connectivity index (χ4n) is 4.42. The van der Waals surface area contributed by atoms with Crippen LogP contribution in [0.2, 0.25) is 0 Å². The molecule has 6 rings (SSSR count). The molecule has 4 aromatic rings. The van der Waals surface area contributed by atoms with Crippen molar-refractivity contribution in [3.8, 4) is 11.1 Å². The van der Waals surface area contributed by atoms with Crippen molar-refractivity contribution in [2.24, 2.45) is 10.2 Å². The summed E-state index contributed by atoms with van der Waals surface area (Å²) in [5.74, 6) is -0.250. The van der Waals surface area contributed by atoms with Crippen molar-refractivity contribution in [2.45, 2.75) is 0 Å². The molecule has 0 spiro atoms. The summed E-state index contributed by atoms with van der Waals surface area (Å²) >= 11 is 0. The van der Waals surface area contributed by atoms with Crippen molar-refractivity contribution < 1.29 is 9.59 Å². The summed E-state index contributed by atoms with van der Waals surface area (Å²) in [7, 11) is 0. The second kappa shape index (κ2) is 9.95. The van der Waals surface area contributed by atoms with Gasteiger partial charge < -0.3 is 0 Å². The van der Waals surface area contributed by atoms with Crippen molar-refractivity contribution in [3.05, 3.63) is 131 Å². The minimum Gasteiger partial charge on any atom is -0.287 e. The molecular weight excluding hydrogens is 472 g/mol. The summed E-state index contributed by atoms with van der Waals surface area (Å²) < 4.78 is 0. The van der Waals surface area contributed by atoms with Gasteiger partial charge in [-0.1, -0.05) is 84.9 Å². The lowest BCUT2D eigenvalue weighted by Crippen LogP contribution is -2.19. The summed E-state index contributed by atoms with van der Waals surface area (Å²) in [4.78, 5) is 24.7. The summed E-state index contributed by atoms with van der Waals surface area (Å²) in [5.41, 5.74) is 14.0. The van der Waals surface area contributed by atoms with Crippen LogP contribution < -0.4 is 10.9 Å². The topological polar surface area (TPSA) is 82.9 Å². The predicted octanol–water partition coefficient (Wildman–Crippen LogP) is 6.18. The molecule has 38 heavy (non-hydrogen) atoms. The molecule has 0 saturated heterocycles. The Bertz CT molecular complexity index is 1550. The number of benzene rings is 4. The molecule has 0 saturated carbocycles. The lowest BCUT2D eigenvalue weighted by Gasteiger charge is -2.12. The molecule has 2 aliphatic rings. The van der Waals surface area contributed by atoms with Crippen LogP contribution in [-0.2, 0) is 9.59 Å². The van der Waals surface area contributed by atoms with Crippen molar-refractivity contribution in [1.82, 2.24) is 0 Å².